The van der Waals surface area contributed by atoms with Crippen LogP contribution in [0, 0.1) is 0 Å². The normalized spacial score (nSPS) is 15.2. The van der Waals surface area contributed by atoms with Crippen molar-refractivity contribution in [3.05, 3.63) is 53.9 Å². The first-order valence-corrected chi connectivity index (χ1v) is 8.80. The number of nitrogens with zero attached hydrogens (tertiary/aromatic N) is 3. The van der Waals surface area contributed by atoms with Crippen LogP contribution < -0.4 is 0 Å². The van der Waals surface area contributed by atoms with Crippen molar-refractivity contribution in [1.82, 2.24) is 14.7 Å². The van der Waals surface area contributed by atoms with Crippen LogP contribution in [-0.4, -0.2) is 51.4 Å². The highest BCUT2D eigenvalue weighted by Crippen LogP contribution is 2.22. The van der Waals surface area contributed by atoms with Gasteiger partial charge in [0, 0.05) is 19.3 Å². The molecule has 1 aromatic carbocycles. The number of ether oxygens (including phenoxy) is 1. The zero-order valence-electron chi connectivity index (χ0n) is 14.6. The number of hydrogen-bond donors (Lipinski definition) is 1. The number of benzene rings is 1. The van der Waals surface area contributed by atoms with E-state index >= 15 is 0 Å². The van der Waals surface area contributed by atoms with Gasteiger partial charge in [-0.15, -0.1) is 0 Å². The van der Waals surface area contributed by atoms with Crippen LogP contribution in [0.2, 0.25) is 0 Å². The SMILES string of the molecule is O=C(O)c1cnn(C2CCN(C(=O)CCOCc3ccccc3)CC2)c1. The second-order valence-corrected chi connectivity index (χ2v) is 6.41. The molecule has 26 heavy (non-hydrogen) atoms. The van der Waals surface area contributed by atoms with Crippen LogP contribution in [0.25, 0.3) is 0 Å². The highest BCUT2D eigenvalue weighted by atomic mass is 16.5. The minimum atomic E-state index is -0.973. The summed E-state index contributed by atoms with van der Waals surface area (Å²) >= 11 is 0. The van der Waals surface area contributed by atoms with E-state index in [1.807, 2.05) is 35.2 Å². The van der Waals surface area contributed by atoms with Crippen LogP contribution in [0.15, 0.2) is 42.7 Å². The Balaban J connectivity index is 1.38. The number of aromatic nitrogens is 2. The van der Waals surface area contributed by atoms with Crippen molar-refractivity contribution in [3.8, 4) is 0 Å². The Morgan fingerprint density at radius 2 is 1.92 bits per heavy atom. The van der Waals surface area contributed by atoms with Gasteiger partial charge in [-0.3, -0.25) is 9.48 Å². The summed E-state index contributed by atoms with van der Waals surface area (Å²) in [6.07, 6.45) is 4.85. The smallest absolute Gasteiger partial charge is 0.338 e. The number of carbonyl (C=O) groups excluding carboxylic acids is 1. The number of aromatic carboxylic acids is 1. The lowest BCUT2D eigenvalue weighted by molar-refractivity contribution is -0.133. The molecular weight excluding hydrogens is 334 g/mol. The fraction of sp³-hybridized carbons (Fsp3) is 0.421. The second-order valence-electron chi connectivity index (χ2n) is 6.41. The molecule has 7 nitrogen and oxygen atoms in total. The second kappa shape index (κ2) is 8.62. The van der Waals surface area contributed by atoms with Gasteiger partial charge in [0.25, 0.3) is 0 Å². The fourth-order valence-electron chi connectivity index (χ4n) is 3.11. The van der Waals surface area contributed by atoms with Crippen LogP contribution in [0.4, 0.5) is 0 Å². The van der Waals surface area contributed by atoms with Crippen molar-refractivity contribution in [1.29, 1.82) is 0 Å². The third kappa shape index (κ3) is 4.70. The first-order valence-electron chi connectivity index (χ1n) is 8.80. The third-order valence-corrected chi connectivity index (χ3v) is 4.61. The average molecular weight is 357 g/mol. The number of carboxylic acids is 1. The summed E-state index contributed by atoms with van der Waals surface area (Å²) in [7, 11) is 0. The van der Waals surface area contributed by atoms with Gasteiger partial charge in [0.15, 0.2) is 0 Å². The number of carbonyl (C=O) groups is 2. The van der Waals surface area contributed by atoms with Crippen molar-refractivity contribution < 1.29 is 19.4 Å². The van der Waals surface area contributed by atoms with E-state index in [1.165, 1.54) is 6.20 Å². The molecule has 138 valence electrons. The number of hydrogen-bond acceptors (Lipinski definition) is 4. The van der Waals surface area contributed by atoms with E-state index < -0.39 is 5.97 Å². The molecule has 0 spiro atoms. The molecule has 7 heteroatoms. The molecule has 1 N–H and O–H groups in total. The zero-order chi connectivity index (χ0) is 18.4. The fourth-order valence-corrected chi connectivity index (χ4v) is 3.11. The number of carboxylic acid groups (broad SMARTS) is 1. The first kappa shape index (κ1) is 18.1. The maximum Gasteiger partial charge on any atom is 0.338 e. The van der Waals surface area contributed by atoms with Gasteiger partial charge in [0.2, 0.25) is 5.91 Å². The predicted octanol–water partition coefficient (Wildman–Crippen LogP) is 2.35. The minimum Gasteiger partial charge on any atom is -0.478 e. The van der Waals surface area contributed by atoms with Crippen LogP contribution in [-0.2, 0) is 16.1 Å². The van der Waals surface area contributed by atoms with Crippen molar-refractivity contribution in [3.63, 3.8) is 0 Å². The maximum absolute atomic E-state index is 12.3. The number of rotatable bonds is 7. The van der Waals surface area contributed by atoms with Crippen molar-refractivity contribution in [2.45, 2.75) is 31.9 Å². The summed E-state index contributed by atoms with van der Waals surface area (Å²) in [5, 5.41) is 13.1. The minimum absolute atomic E-state index is 0.100. The molecule has 0 aliphatic carbocycles. The number of likely N-dealkylation sites (tertiary alicyclic amines) is 1. The average Bonchev–Trinajstić information content (AvgIpc) is 3.17. The van der Waals surface area contributed by atoms with Crippen molar-refractivity contribution >= 4 is 11.9 Å². The Labute approximate surface area is 152 Å². The Morgan fingerprint density at radius 1 is 1.19 bits per heavy atom. The van der Waals surface area contributed by atoms with E-state index in [0.717, 1.165) is 18.4 Å². The molecule has 1 aliphatic rings. The Kier molecular flexibility index (Phi) is 6.01. The van der Waals surface area contributed by atoms with Crippen LogP contribution in [0.5, 0.6) is 0 Å². The van der Waals surface area contributed by atoms with Gasteiger partial charge < -0.3 is 14.7 Å². The lowest BCUT2D eigenvalue weighted by atomic mass is 10.0. The molecule has 3 rings (SSSR count). The summed E-state index contributed by atoms with van der Waals surface area (Å²) in [5.41, 5.74) is 1.29. The van der Waals surface area contributed by atoms with E-state index in [2.05, 4.69) is 5.10 Å². The van der Waals surface area contributed by atoms with E-state index in [4.69, 9.17) is 9.84 Å². The molecular formula is C19H23N3O4. The topological polar surface area (TPSA) is 84.7 Å². The van der Waals surface area contributed by atoms with Crippen molar-refractivity contribution in [2.75, 3.05) is 19.7 Å². The molecule has 1 saturated heterocycles. The summed E-state index contributed by atoms with van der Waals surface area (Å²) in [6.45, 7) is 2.24. The molecule has 1 amide bonds. The van der Waals surface area contributed by atoms with Gasteiger partial charge in [0.05, 0.1) is 37.4 Å². The molecule has 0 radical (unpaired) electrons. The van der Waals surface area contributed by atoms with Crippen LogP contribution in [0.3, 0.4) is 0 Å². The molecule has 1 aromatic heterocycles. The highest BCUT2D eigenvalue weighted by Gasteiger charge is 2.24. The molecule has 0 bridgehead atoms. The Hall–Kier alpha value is -2.67. The van der Waals surface area contributed by atoms with Crippen LogP contribution >= 0.6 is 0 Å². The van der Waals surface area contributed by atoms with Gasteiger partial charge >= 0.3 is 5.97 Å². The van der Waals surface area contributed by atoms with Gasteiger partial charge in [-0.2, -0.15) is 5.10 Å². The van der Waals surface area contributed by atoms with Gasteiger partial charge in [-0.05, 0) is 18.4 Å². The largest absolute Gasteiger partial charge is 0.478 e. The van der Waals surface area contributed by atoms with E-state index in [1.54, 1.807) is 10.9 Å². The molecule has 0 atom stereocenters. The van der Waals surface area contributed by atoms with Gasteiger partial charge in [-0.1, -0.05) is 30.3 Å². The molecule has 2 heterocycles. The molecule has 0 saturated carbocycles. The maximum atomic E-state index is 12.3. The van der Waals surface area contributed by atoms with Gasteiger partial charge in [-0.25, -0.2) is 4.79 Å². The van der Waals surface area contributed by atoms with E-state index in [9.17, 15) is 9.59 Å². The van der Waals surface area contributed by atoms with Crippen molar-refractivity contribution in [2.24, 2.45) is 0 Å². The molecule has 1 aliphatic heterocycles. The standard InChI is InChI=1S/C19H23N3O4/c23-18(8-11-26-14-15-4-2-1-3-5-15)21-9-6-17(7-10-21)22-13-16(12-20-22)19(24)25/h1-5,12-13,17H,6-11,14H2,(H,24,25). The summed E-state index contributed by atoms with van der Waals surface area (Å²) in [4.78, 5) is 25.1. The molecule has 0 unspecified atom stereocenters. The number of piperidine rings is 1. The summed E-state index contributed by atoms with van der Waals surface area (Å²) in [6, 6.07) is 10.0. The molecule has 2 aromatic rings. The lowest BCUT2D eigenvalue weighted by Crippen LogP contribution is -2.39. The van der Waals surface area contributed by atoms with E-state index in [-0.39, 0.29) is 17.5 Å². The third-order valence-electron chi connectivity index (χ3n) is 4.61. The first-order chi connectivity index (χ1) is 12.6. The molecule has 1 fully saturated rings. The summed E-state index contributed by atoms with van der Waals surface area (Å²) < 4.78 is 7.28. The highest BCUT2D eigenvalue weighted by molar-refractivity contribution is 5.86. The van der Waals surface area contributed by atoms with Gasteiger partial charge in [0.1, 0.15) is 0 Å². The zero-order valence-corrected chi connectivity index (χ0v) is 14.6. The van der Waals surface area contributed by atoms with E-state index in [0.29, 0.717) is 32.7 Å². The Morgan fingerprint density at radius 3 is 2.58 bits per heavy atom. The lowest BCUT2D eigenvalue weighted by Gasteiger charge is -2.32. The quantitative estimate of drug-likeness (QED) is 0.769. The Bertz CT molecular complexity index is 736. The predicted molar refractivity (Wildman–Crippen MR) is 94.8 cm³/mol. The summed E-state index contributed by atoms with van der Waals surface area (Å²) in [5.74, 6) is -0.873. The van der Waals surface area contributed by atoms with Crippen LogP contribution in [0.1, 0.15) is 41.2 Å². The monoisotopic (exact) mass is 357 g/mol. The number of amides is 1.